The first-order chi connectivity index (χ1) is 18.2. The lowest BCUT2D eigenvalue weighted by Gasteiger charge is -2.41. The number of rotatable bonds is 6. The number of nitrogens with two attached hydrogens (primary N) is 1. The number of fused-ring (bicyclic) bond motifs is 1. The predicted octanol–water partition coefficient (Wildman–Crippen LogP) is 4.99. The van der Waals surface area contributed by atoms with Gasteiger partial charge in [0, 0.05) is 50.0 Å². The minimum Gasteiger partial charge on any atom is -0.489 e. The molecule has 6 rings (SSSR count). The van der Waals surface area contributed by atoms with Gasteiger partial charge >= 0.3 is 0 Å². The summed E-state index contributed by atoms with van der Waals surface area (Å²) in [6.07, 6.45) is 8.63. The molecule has 1 aliphatic carbocycles. The Labute approximate surface area is 218 Å². The van der Waals surface area contributed by atoms with Crippen LogP contribution >= 0.6 is 0 Å². The summed E-state index contributed by atoms with van der Waals surface area (Å²) in [5.41, 5.74) is 10.7. The van der Waals surface area contributed by atoms with E-state index in [0.29, 0.717) is 24.5 Å². The first-order valence-electron chi connectivity index (χ1n) is 13.5. The molecule has 0 spiro atoms. The largest absolute Gasteiger partial charge is 0.489 e. The third-order valence-corrected chi connectivity index (χ3v) is 8.17. The quantitative estimate of drug-likeness (QED) is 0.405. The number of anilines is 1. The van der Waals surface area contributed by atoms with Crippen molar-refractivity contribution in [2.24, 2.45) is 0 Å². The minimum absolute atomic E-state index is 0.433. The van der Waals surface area contributed by atoms with Crippen molar-refractivity contribution in [2.75, 3.05) is 39.0 Å². The van der Waals surface area contributed by atoms with Crippen molar-refractivity contribution in [3.8, 4) is 16.9 Å². The van der Waals surface area contributed by atoms with Crippen LogP contribution < -0.4 is 10.5 Å². The van der Waals surface area contributed by atoms with Crippen LogP contribution in [-0.4, -0.2) is 63.6 Å². The summed E-state index contributed by atoms with van der Waals surface area (Å²) in [5, 5.41) is 0.946. The molecule has 0 unspecified atom stereocenters. The number of ether oxygens (including phenoxy) is 1. The molecule has 192 valence electrons. The van der Waals surface area contributed by atoms with Gasteiger partial charge in [0.25, 0.3) is 0 Å². The van der Waals surface area contributed by atoms with E-state index in [1.165, 1.54) is 39.0 Å². The van der Waals surface area contributed by atoms with Gasteiger partial charge in [-0.25, -0.2) is 9.97 Å². The van der Waals surface area contributed by atoms with Crippen molar-refractivity contribution in [1.82, 2.24) is 24.3 Å². The molecule has 0 atom stereocenters. The van der Waals surface area contributed by atoms with E-state index < -0.39 is 0 Å². The molecule has 4 aromatic rings. The summed E-state index contributed by atoms with van der Waals surface area (Å²) < 4.78 is 8.36. The highest BCUT2D eigenvalue weighted by atomic mass is 16.5. The average molecular weight is 497 g/mol. The van der Waals surface area contributed by atoms with Crippen LogP contribution in [0.4, 0.5) is 5.82 Å². The molecule has 0 bridgehead atoms. The Morgan fingerprint density at radius 1 is 0.865 bits per heavy atom. The minimum atomic E-state index is 0.433. The monoisotopic (exact) mass is 496 g/mol. The van der Waals surface area contributed by atoms with Crippen molar-refractivity contribution >= 4 is 16.9 Å². The third kappa shape index (κ3) is 5.06. The van der Waals surface area contributed by atoms with Crippen LogP contribution in [0.1, 0.15) is 37.3 Å². The maximum absolute atomic E-state index is 6.41. The van der Waals surface area contributed by atoms with Gasteiger partial charge in [-0.3, -0.25) is 4.90 Å². The lowest BCUT2D eigenvalue weighted by molar-refractivity contribution is 0.0828. The molecule has 2 fully saturated rings. The van der Waals surface area contributed by atoms with E-state index in [1.807, 2.05) is 30.3 Å². The van der Waals surface area contributed by atoms with E-state index in [2.05, 4.69) is 56.9 Å². The van der Waals surface area contributed by atoms with Gasteiger partial charge in [0.05, 0.1) is 5.39 Å². The number of nitrogen functional groups attached to an aromatic ring is 1. The zero-order valence-corrected chi connectivity index (χ0v) is 21.6. The number of likely N-dealkylation sites (N-methyl/N-ethyl adjacent to an activating group) is 1. The number of piperazine rings is 1. The fourth-order valence-electron chi connectivity index (χ4n) is 5.97. The summed E-state index contributed by atoms with van der Waals surface area (Å²) in [7, 11) is 2.22. The Balaban J connectivity index is 1.20. The molecule has 2 aliphatic rings. The normalized spacial score (nSPS) is 21.3. The molecule has 0 radical (unpaired) electrons. The van der Waals surface area contributed by atoms with E-state index in [9.17, 15) is 0 Å². The molecular formula is C30H36N6O. The van der Waals surface area contributed by atoms with E-state index in [4.69, 9.17) is 15.5 Å². The molecule has 3 heterocycles. The van der Waals surface area contributed by atoms with Gasteiger partial charge in [0.1, 0.15) is 30.1 Å². The smallest absolute Gasteiger partial charge is 0.146 e. The summed E-state index contributed by atoms with van der Waals surface area (Å²) in [6.45, 7) is 5.29. The highest BCUT2D eigenvalue weighted by Gasteiger charge is 2.29. The molecule has 37 heavy (non-hydrogen) atoms. The van der Waals surface area contributed by atoms with Crippen LogP contribution in [0.5, 0.6) is 5.75 Å². The SMILES string of the molecule is CN1CCN(C2CCC(n3cc(-c4ccc(OCc5ccccc5)cc4)c4c(N)ncnc43)CC2)CC1. The number of hydrogen-bond donors (Lipinski definition) is 1. The van der Waals surface area contributed by atoms with Crippen LogP contribution in [0.3, 0.4) is 0 Å². The van der Waals surface area contributed by atoms with Crippen molar-refractivity contribution in [3.05, 3.63) is 72.7 Å². The topological polar surface area (TPSA) is 72.4 Å². The Bertz CT molecular complexity index is 1320. The van der Waals surface area contributed by atoms with Crippen molar-refractivity contribution in [2.45, 2.75) is 44.4 Å². The zero-order chi connectivity index (χ0) is 25.2. The van der Waals surface area contributed by atoms with E-state index in [0.717, 1.165) is 46.3 Å². The van der Waals surface area contributed by atoms with Gasteiger partial charge < -0.3 is 19.9 Å². The van der Waals surface area contributed by atoms with Gasteiger partial charge in [-0.15, -0.1) is 0 Å². The number of hydrogen-bond acceptors (Lipinski definition) is 6. The predicted molar refractivity (Wildman–Crippen MR) is 149 cm³/mol. The van der Waals surface area contributed by atoms with Gasteiger partial charge in [-0.2, -0.15) is 0 Å². The molecule has 2 aromatic heterocycles. The van der Waals surface area contributed by atoms with Crippen LogP contribution in [0.2, 0.25) is 0 Å². The lowest BCUT2D eigenvalue weighted by Crippen LogP contribution is -2.49. The molecular weight excluding hydrogens is 460 g/mol. The highest BCUT2D eigenvalue weighted by molar-refractivity contribution is 6.00. The molecule has 1 aliphatic heterocycles. The second kappa shape index (κ2) is 10.5. The van der Waals surface area contributed by atoms with Gasteiger partial charge in [0.15, 0.2) is 0 Å². The Kier molecular flexibility index (Phi) is 6.81. The summed E-state index contributed by atoms with van der Waals surface area (Å²) in [5.74, 6) is 1.39. The van der Waals surface area contributed by atoms with Crippen molar-refractivity contribution in [3.63, 3.8) is 0 Å². The molecule has 0 amide bonds. The fourth-order valence-corrected chi connectivity index (χ4v) is 5.97. The molecule has 7 nitrogen and oxygen atoms in total. The van der Waals surface area contributed by atoms with Crippen LogP contribution in [0.15, 0.2) is 67.1 Å². The number of aromatic nitrogens is 3. The Hall–Kier alpha value is -3.42. The van der Waals surface area contributed by atoms with Gasteiger partial charge in [0.2, 0.25) is 0 Å². The van der Waals surface area contributed by atoms with E-state index in [1.54, 1.807) is 6.33 Å². The maximum atomic E-state index is 6.41. The van der Waals surface area contributed by atoms with Crippen LogP contribution in [-0.2, 0) is 6.61 Å². The summed E-state index contributed by atoms with van der Waals surface area (Å²) in [6, 6.07) is 19.6. The maximum Gasteiger partial charge on any atom is 0.146 e. The highest BCUT2D eigenvalue weighted by Crippen LogP contribution is 2.39. The van der Waals surface area contributed by atoms with E-state index >= 15 is 0 Å². The van der Waals surface area contributed by atoms with Crippen molar-refractivity contribution in [1.29, 1.82) is 0 Å². The molecule has 1 saturated carbocycles. The molecule has 2 N–H and O–H groups in total. The molecule has 7 heteroatoms. The van der Waals surface area contributed by atoms with Crippen LogP contribution in [0, 0.1) is 0 Å². The third-order valence-electron chi connectivity index (χ3n) is 8.17. The van der Waals surface area contributed by atoms with E-state index in [-0.39, 0.29) is 0 Å². The lowest BCUT2D eigenvalue weighted by atomic mass is 9.89. The second-order valence-electron chi connectivity index (χ2n) is 10.5. The molecule has 2 aromatic carbocycles. The zero-order valence-electron chi connectivity index (χ0n) is 21.6. The standard InChI is InChI=1S/C30H36N6O/c1-34-15-17-35(18-16-34)24-9-11-25(12-10-24)36-19-27(28-29(31)32-21-33-30(28)36)23-7-13-26(14-8-23)37-20-22-5-3-2-4-6-22/h2-8,13-14,19,21,24-25H,9-12,15-18,20H2,1H3,(H2,31,32,33). The number of benzene rings is 2. The summed E-state index contributed by atoms with van der Waals surface area (Å²) >= 11 is 0. The van der Waals surface area contributed by atoms with Gasteiger partial charge in [-0.05, 0) is 56.0 Å². The average Bonchev–Trinajstić information content (AvgIpc) is 3.34. The van der Waals surface area contributed by atoms with Gasteiger partial charge in [-0.1, -0.05) is 42.5 Å². The first kappa shape index (κ1) is 23.9. The number of nitrogens with zero attached hydrogens (tertiary/aromatic N) is 5. The Morgan fingerprint density at radius 2 is 1.57 bits per heavy atom. The van der Waals surface area contributed by atoms with Crippen LogP contribution in [0.25, 0.3) is 22.2 Å². The fraction of sp³-hybridized carbons (Fsp3) is 0.400. The second-order valence-corrected chi connectivity index (χ2v) is 10.5. The summed E-state index contributed by atoms with van der Waals surface area (Å²) in [4.78, 5) is 14.2. The molecule has 1 saturated heterocycles. The first-order valence-corrected chi connectivity index (χ1v) is 13.5. The Morgan fingerprint density at radius 3 is 2.30 bits per heavy atom. The van der Waals surface area contributed by atoms with Crippen molar-refractivity contribution < 1.29 is 4.74 Å².